The summed E-state index contributed by atoms with van der Waals surface area (Å²) in [5.74, 6) is 0.225. The molecule has 2 unspecified atom stereocenters. The number of sulfone groups is 1. The van der Waals surface area contributed by atoms with Crippen LogP contribution in [0.25, 0.3) is 0 Å². The lowest BCUT2D eigenvalue weighted by molar-refractivity contribution is 0.120. The molecule has 88 valence electrons. The summed E-state index contributed by atoms with van der Waals surface area (Å²) in [6, 6.07) is 3.68. The topological polar surface area (TPSA) is 67.3 Å². The average molecular weight is 241 g/mol. The Morgan fingerprint density at radius 3 is 2.69 bits per heavy atom. The number of pyridine rings is 1. The fourth-order valence-corrected chi connectivity index (χ4v) is 3.92. The molecule has 1 aromatic heterocycles. The Morgan fingerprint density at radius 1 is 1.44 bits per heavy atom. The van der Waals surface area contributed by atoms with Crippen LogP contribution in [0.3, 0.4) is 0 Å². The second kappa shape index (κ2) is 4.51. The van der Waals surface area contributed by atoms with E-state index in [1.807, 2.05) is 12.1 Å². The fourth-order valence-electron chi connectivity index (χ4n) is 2.05. The SMILES string of the molecule is O=S1(=O)CCC(C(O)Cc2ccncc2)C1. The molecule has 0 spiro atoms. The van der Waals surface area contributed by atoms with Crippen molar-refractivity contribution in [2.45, 2.75) is 18.9 Å². The van der Waals surface area contributed by atoms with Crippen LogP contribution in [-0.4, -0.2) is 36.1 Å². The van der Waals surface area contributed by atoms with Crippen LogP contribution in [0.1, 0.15) is 12.0 Å². The van der Waals surface area contributed by atoms with Crippen molar-refractivity contribution >= 4 is 9.84 Å². The normalized spacial score (nSPS) is 25.4. The molecule has 0 radical (unpaired) electrons. The second-order valence-electron chi connectivity index (χ2n) is 4.29. The van der Waals surface area contributed by atoms with Gasteiger partial charge in [-0.3, -0.25) is 4.98 Å². The molecule has 2 heterocycles. The van der Waals surface area contributed by atoms with Gasteiger partial charge in [-0.25, -0.2) is 8.42 Å². The smallest absolute Gasteiger partial charge is 0.150 e. The maximum atomic E-state index is 11.3. The number of hydrogen-bond acceptors (Lipinski definition) is 4. The van der Waals surface area contributed by atoms with Crippen LogP contribution >= 0.6 is 0 Å². The summed E-state index contributed by atoms with van der Waals surface area (Å²) in [4.78, 5) is 3.90. The van der Waals surface area contributed by atoms with E-state index in [0.717, 1.165) is 5.56 Å². The molecule has 1 aromatic rings. The second-order valence-corrected chi connectivity index (χ2v) is 6.52. The third-order valence-corrected chi connectivity index (χ3v) is 4.80. The molecule has 1 aliphatic rings. The molecule has 1 fully saturated rings. The van der Waals surface area contributed by atoms with Gasteiger partial charge < -0.3 is 5.11 Å². The van der Waals surface area contributed by atoms with Gasteiger partial charge in [0.1, 0.15) is 0 Å². The monoisotopic (exact) mass is 241 g/mol. The quantitative estimate of drug-likeness (QED) is 0.833. The molecule has 16 heavy (non-hydrogen) atoms. The zero-order valence-corrected chi connectivity index (χ0v) is 9.73. The van der Waals surface area contributed by atoms with Gasteiger partial charge in [-0.15, -0.1) is 0 Å². The molecule has 0 saturated carbocycles. The van der Waals surface area contributed by atoms with Crippen LogP contribution in [0.4, 0.5) is 0 Å². The van der Waals surface area contributed by atoms with Crippen LogP contribution in [0, 0.1) is 5.92 Å². The molecular weight excluding hydrogens is 226 g/mol. The highest BCUT2D eigenvalue weighted by Gasteiger charge is 2.32. The van der Waals surface area contributed by atoms with Gasteiger partial charge in [-0.05, 0) is 30.5 Å². The van der Waals surface area contributed by atoms with Crippen LogP contribution in [0.15, 0.2) is 24.5 Å². The molecule has 5 heteroatoms. The lowest BCUT2D eigenvalue weighted by atomic mass is 9.96. The van der Waals surface area contributed by atoms with E-state index in [2.05, 4.69) is 4.98 Å². The van der Waals surface area contributed by atoms with Crippen molar-refractivity contribution in [3.05, 3.63) is 30.1 Å². The first-order chi connectivity index (χ1) is 7.57. The van der Waals surface area contributed by atoms with Crippen molar-refractivity contribution in [1.29, 1.82) is 0 Å². The third-order valence-electron chi connectivity index (χ3n) is 3.01. The van der Waals surface area contributed by atoms with Gasteiger partial charge in [-0.2, -0.15) is 0 Å². The Bertz CT molecular complexity index is 444. The van der Waals surface area contributed by atoms with Crippen molar-refractivity contribution in [2.75, 3.05) is 11.5 Å². The highest BCUT2D eigenvalue weighted by molar-refractivity contribution is 7.91. The summed E-state index contributed by atoms with van der Waals surface area (Å²) in [5.41, 5.74) is 0.992. The van der Waals surface area contributed by atoms with Gasteiger partial charge in [0.2, 0.25) is 0 Å². The van der Waals surface area contributed by atoms with Crippen molar-refractivity contribution in [3.8, 4) is 0 Å². The number of aliphatic hydroxyl groups excluding tert-OH is 1. The summed E-state index contributed by atoms with van der Waals surface area (Å²) in [6.07, 6.45) is 3.86. The Balaban J connectivity index is 1.97. The number of aromatic nitrogens is 1. The third kappa shape index (κ3) is 2.80. The Labute approximate surface area is 95.3 Å². The number of hydrogen-bond donors (Lipinski definition) is 1. The van der Waals surface area contributed by atoms with E-state index in [-0.39, 0.29) is 17.4 Å². The van der Waals surface area contributed by atoms with Gasteiger partial charge in [-0.1, -0.05) is 0 Å². The molecule has 1 aliphatic heterocycles. The number of nitrogens with zero attached hydrogens (tertiary/aromatic N) is 1. The van der Waals surface area contributed by atoms with E-state index < -0.39 is 15.9 Å². The largest absolute Gasteiger partial charge is 0.392 e. The maximum Gasteiger partial charge on any atom is 0.150 e. The first kappa shape index (κ1) is 11.5. The summed E-state index contributed by atoms with van der Waals surface area (Å²) < 4.78 is 22.6. The zero-order chi connectivity index (χ0) is 11.6. The molecule has 2 atom stereocenters. The predicted molar refractivity (Wildman–Crippen MR) is 60.7 cm³/mol. The summed E-state index contributed by atoms with van der Waals surface area (Å²) in [5, 5.41) is 9.95. The number of aliphatic hydroxyl groups is 1. The molecule has 0 amide bonds. The lowest BCUT2D eigenvalue weighted by Gasteiger charge is -2.16. The summed E-state index contributed by atoms with van der Waals surface area (Å²) in [6.45, 7) is 0. The van der Waals surface area contributed by atoms with Gasteiger partial charge >= 0.3 is 0 Å². The Hall–Kier alpha value is -0.940. The van der Waals surface area contributed by atoms with E-state index in [9.17, 15) is 13.5 Å². The molecule has 0 bridgehead atoms. The minimum atomic E-state index is -2.91. The van der Waals surface area contributed by atoms with Crippen molar-refractivity contribution < 1.29 is 13.5 Å². The first-order valence-electron chi connectivity index (χ1n) is 5.34. The zero-order valence-electron chi connectivity index (χ0n) is 8.91. The van der Waals surface area contributed by atoms with Gasteiger partial charge in [0.05, 0.1) is 17.6 Å². The molecule has 1 saturated heterocycles. The first-order valence-corrected chi connectivity index (χ1v) is 7.16. The summed E-state index contributed by atoms with van der Waals surface area (Å²) >= 11 is 0. The van der Waals surface area contributed by atoms with Gasteiger partial charge in [0, 0.05) is 18.3 Å². The van der Waals surface area contributed by atoms with E-state index >= 15 is 0 Å². The molecule has 0 aliphatic carbocycles. The lowest BCUT2D eigenvalue weighted by Crippen LogP contribution is -2.23. The molecule has 2 rings (SSSR count). The van der Waals surface area contributed by atoms with Crippen LogP contribution < -0.4 is 0 Å². The van der Waals surface area contributed by atoms with Crippen LogP contribution in [-0.2, 0) is 16.3 Å². The summed E-state index contributed by atoms with van der Waals surface area (Å²) in [7, 11) is -2.91. The van der Waals surface area contributed by atoms with Crippen molar-refractivity contribution in [3.63, 3.8) is 0 Å². The van der Waals surface area contributed by atoms with Gasteiger partial charge in [0.15, 0.2) is 9.84 Å². The van der Waals surface area contributed by atoms with Crippen LogP contribution in [0.5, 0.6) is 0 Å². The van der Waals surface area contributed by atoms with E-state index in [1.54, 1.807) is 12.4 Å². The Kier molecular flexibility index (Phi) is 3.25. The highest BCUT2D eigenvalue weighted by Crippen LogP contribution is 2.23. The molecular formula is C11H15NO3S. The Morgan fingerprint density at radius 2 is 2.12 bits per heavy atom. The van der Waals surface area contributed by atoms with E-state index in [4.69, 9.17) is 0 Å². The minimum absolute atomic E-state index is 0.113. The highest BCUT2D eigenvalue weighted by atomic mass is 32.2. The van der Waals surface area contributed by atoms with Crippen LogP contribution in [0.2, 0.25) is 0 Å². The van der Waals surface area contributed by atoms with E-state index in [1.165, 1.54) is 0 Å². The van der Waals surface area contributed by atoms with Gasteiger partial charge in [0.25, 0.3) is 0 Å². The van der Waals surface area contributed by atoms with E-state index in [0.29, 0.717) is 12.8 Å². The van der Waals surface area contributed by atoms with Crippen molar-refractivity contribution in [2.24, 2.45) is 5.92 Å². The molecule has 4 nitrogen and oxygen atoms in total. The fraction of sp³-hybridized carbons (Fsp3) is 0.545. The van der Waals surface area contributed by atoms with Crippen molar-refractivity contribution in [1.82, 2.24) is 4.98 Å². The standard InChI is InChI=1S/C11H15NO3S/c13-11(7-9-1-4-12-5-2-9)10-3-6-16(14,15)8-10/h1-2,4-5,10-11,13H,3,6-8H2. The predicted octanol–water partition coefficient (Wildman–Crippen LogP) is 0.420. The minimum Gasteiger partial charge on any atom is -0.392 e. The average Bonchev–Trinajstić information content (AvgIpc) is 2.60. The maximum absolute atomic E-state index is 11.3. The molecule has 0 aromatic carbocycles. The number of rotatable bonds is 3. The molecule has 1 N–H and O–H groups in total.